The van der Waals surface area contributed by atoms with Crippen LogP contribution >= 0.6 is 11.3 Å². The van der Waals surface area contributed by atoms with Gasteiger partial charge < -0.3 is 8.83 Å². The summed E-state index contributed by atoms with van der Waals surface area (Å²) >= 11 is 1.87. The van der Waals surface area contributed by atoms with Crippen molar-refractivity contribution in [2.75, 3.05) is 0 Å². The van der Waals surface area contributed by atoms with Crippen molar-refractivity contribution in [2.45, 2.75) is 0 Å². The molecule has 0 saturated carbocycles. The van der Waals surface area contributed by atoms with Gasteiger partial charge in [0.05, 0.1) is 11.0 Å². The fraction of sp³-hybridized carbons (Fsp3) is 0. The Labute approximate surface area is 287 Å². The average Bonchev–Trinajstić information content (AvgIpc) is 3.93. The molecule has 7 aromatic carbocycles. The maximum atomic E-state index is 6.71. The predicted octanol–water partition coefficient (Wildman–Crippen LogP) is 12.6. The van der Waals surface area contributed by atoms with Crippen LogP contribution in [-0.4, -0.2) is 14.5 Å². The first-order chi connectivity index (χ1) is 24.8. The molecule has 5 heterocycles. The number of rotatable bonds is 2. The Hall–Kier alpha value is -6.50. The molecule has 50 heavy (non-hydrogen) atoms. The van der Waals surface area contributed by atoms with Crippen LogP contribution in [0.25, 0.3) is 114 Å². The lowest BCUT2D eigenvalue weighted by Gasteiger charge is -2.12. The maximum absolute atomic E-state index is 6.71. The van der Waals surface area contributed by atoms with Crippen LogP contribution in [-0.2, 0) is 0 Å². The highest BCUT2D eigenvalue weighted by Crippen LogP contribution is 2.48. The van der Waals surface area contributed by atoms with Gasteiger partial charge >= 0.3 is 0 Å². The molecule has 0 saturated heterocycles. The molecule has 0 aliphatic rings. The van der Waals surface area contributed by atoms with E-state index in [1.165, 1.54) is 41.7 Å². The van der Waals surface area contributed by atoms with Gasteiger partial charge in [-0.25, -0.2) is 9.97 Å². The Morgan fingerprint density at radius 3 is 2.02 bits per heavy atom. The molecule has 232 valence electrons. The van der Waals surface area contributed by atoms with Gasteiger partial charge in [0.2, 0.25) is 0 Å². The summed E-state index contributed by atoms with van der Waals surface area (Å²) in [5.41, 5.74) is 7.02. The Balaban J connectivity index is 1.28. The molecule has 0 aliphatic heterocycles. The molecule has 5 nitrogen and oxygen atoms in total. The molecule has 0 N–H and O–H groups in total. The molecule has 0 unspecified atom stereocenters. The van der Waals surface area contributed by atoms with Gasteiger partial charge in [-0.2, -0.15) is 0 Å². The van der Waals surface area contributed by atoms with Crippen molar-refractivity contribution in [3.05, 3.63) is 140 Å². The minimum Gasteiger partial charge on any atom is -0.456 e. The monoisotopic (exact) mass is 657 g/mol. The van der Waals surface area contributed by atoms with Crippen LogP contribution in [0.15, 0.2) is 148 Å². The molecule has 12 rings (SSSR count). The van der Waals surface area contributed by atoms with Crippen molar-refractivity contribution in [1.82, 2.24) is 14.5 Å². The number of furan rings is 2. The molecular weight excluding hydrogens is 635 g/mol. The summed E-state index contributed by atoms with van der Waals surface area (Å²) in [5.74, 6) is 1.34. The van der Waals surface area contributed by atoms with Crippen molar-refractivity contribution < 1.29 is 8.83 Å². The quantitative estimate of drug-likeness (QED) is 0.186. The number of nitrogens with zero attached hydrogens (tertiary/aromatic N) is 3. The highest BCUT2D eigenvalue weighted by atomic mass is 32.1. The highest BCUT2D eigenvalue weighted by Gasteiger charge is 2.26. The van der Waals surface area contributed by atoms with Crippen LogP contribution in [0.4, 0.5) is 0 Å². The zero-order chi connectivity index (χ0) is 32.5. The average molecular weight is 658 g/mol. The second kappa shape index (κ2) is 9.56. The van der Waals surface area contributed by atoms with Crippen molar-refractivity contribution in [2.24, 2.45) is 0 Å². The van der Waals surface area contributed by atoms with E-state index in [1.54, 1.807) is 0 Å². The molecule has 5 aromatic heterocycles. The predicted molar refractivity (Wildman–Crippen MR) is 207 cm³/mol. The van der Waals surface area contributed by atoms with E-state index >= 15 is 0 Å². The summed E-state index contributed by atoms with van der Waals surface area (Å²) < 4.78 is 17.8. The molecule has 0 radical (unpaired) electrons. The number of fused-ring (bicyclic) bond motifs is 16. The molecule has 6 heteroatoms. The molecule has 0 bridgehead atoms. The molecule has 0 atom stereocenters. The molecule has 0 aliphatic carbocycles. The second-order valence-corrected chi connectivity index (χ2v) is 13.9. The zero-order valence-electron chi connectivity index (χ0n) is 26.3. The molecular formula is C44H23N3O2S. The largest absolute Gasteiger partial charge is 0.456 e. The maximum Gasteiger partial charge on any atom is 0.197 e. The third kappa shape index (κ3) is 3.40. The van der Waals surface area contributed by atoms with Crippen LogP contribution in [0, 0.1) is 0 Å². The van der Waals surface area contributed by atoms with Crippen molar-refractivity contribution in [3.63, 3.8) is 0 Å². The first kappa shape index (κ1) is 26.5. The summed E-state index contributed by atoms with van der Waals surface area (Å²) in [7, 11) is 0. The molecule has 0 spiro atoms. The lowest BCUT2D eigenvalue weighted by molar-refractivity contribution is 0.662. The van der Waals surface area contributed by atoms with E-state index in [2.05, 4.69) is 102 Å². The Morgan fingerprint density at radius 2 is 1.16 bits per heavy atom. The fourth-order valence-corrected chi connectivity index (χ4v) is 9.31. The summed E-state index contributed by atoms with van der Waals surface area (Å²) in [4.78, 5) is 10.7. The molecule has 0 fully saturated rings. The van der Waals surface area contributed by atoms with Gasteiger partial charge in [-0.15, -0.1) is 11.3 Å². The normalized spacial score (nSPS) is 12.4. The molecule has 0 amide bonds. The Bertz CT molecular complexity index is 3400. The highest BCUT2D eigenvalue weighted by molar-refractivity contribution is 7.27. The van der Waals surface area contributed by atoms with E-state index in [0.29, 0.717) is 17.2 Å². The third-order valence-corrected chi connectivity index (χ3v) is 11.4. The van der Waals surface area contributed by atoms with E-state index < -0.39 is 0 Å². The fourth-order valence-electron chi connectivity index (χ4n) is 8.06. The molecule has 12 aromatic rings. The van der Waals surface area contributed by atoms with Crippen molar-refractivity contribution in [1.29, 1.82) is 0 Å². The van der Waals surface area contributed by atoms with Crippen LogP contribution in [0.2, 0.25) is 0 Å². The van der Waals surface area contributed by atoms with Gasteiger partial charge in [-0.05, 0) is 48.5 Å². The van der Waals surface area contributed by atoms with Gasteiger partial charge in [-0.1, -0.05) is 91.0 Å². The SMILES string of the molecule is c1ccc2c(c1)oc1ccc(-c3nc(-n4c5ccccc5c5c6c7ccccc7sc6c6ccccc6c54)c4oc5ccccc5c4n3)cc12. The Morgan fingerprint density at radius 1 is 0.500 bits per heavy atom. The van der Waals surface area contributed by atoms with E-state index in [-0.39, 0.29) is 0 Å². The van der Waals surface area contributed by atoms with Gasteiger partial charge in [0.1, 0.15) is 22.3 Å². The van der Waals surface area contributed by atoms with Crippen molar-refractivity contribution >= 4 is 108 Å². The van der Waals surface area contributed by atoms with Gasteiger partial charge in [0.15, 0.2) is 17.2 Å². The van der Waals surface area contributed by atoms with Gasteiger partial charge in [0, 0.05) is 63.4 Å². The van der Waals surface area contributed by atoms with E-state index in [4.69, 9.17) is 18.8 Å². The third-order valence-electron chi connectivity index (χ3n) is 10.2. The van der Waals surface area contributed by atoms with E-state index in [9.17, 15) is 0 Å². The van der Waals surface area contributed by atoms with Crippen molar-refractivity contribution in [3.8, 4) is 17.2 Å². The van der Waals surface area contributed by atoms with E-state index in [0.717, 1.165) is 55.0 Å². The topological polar surface area (TPSA) is 57.0 Å². The minimum atomic E-state index is 0.628. The number of hydrogen-bond acceptors (Lipinski definition) is 5. The number of hydrogen-bond donors (Lipinski definition) is 0. The number of para-hydroxylation sites is 3. The number of benzene rings is 7. The number of thiophene rings is 1. The Kier molecular flexibility index (Phi) is 5.06. The number of aromatic nitrogens is 3. The van der Waals surface area contributed by atoms with E-state index in [1.807, 2.05) is 53.8 Å². The smallest absolute Gasteiger partial charge is 0.197 e. The van der Waals surface area contributed by atoms with Crippen LogP contribution in [0.5, 0.6) is 0 Å². The lowest BCUT2D eigenvalue weighted by atomic mass is 10.00. The van der Waals surface area contributed by atoms with Crippen LogP contribution < -0.4 is 0 Å². The summed E-state index contributed by atoms with van der Waals surface area (Å²) in [6.07, 6.45) is 0. The summed E-state index contributed by atoms with van der Waals surface area (Å²) in [6, 6.07) is 48.7. The first-order valence-corrected chi connectivity index (χ1v) is 17.5. The lowest BCUT2D eigenvalue weighted by Crippen LogP contribution is -2.02. The van der Waals surface area contributed by atoms with Crippen LogP contribution in [0.1, 0.15) is 0 Å². The second-order valence-electron chi connectivity index (χ2n) is 12.9. The summed E-state index contributed by atoms with van der Waals surface area (Å²) in [6.45, 7) is 0. The first-order valence-electron chi connectivity index (χ1n) is 16.7. The van der Waals surface area contributed by atoms with Gasteiger partial charge in [0.25, 0.3) is 0 Å². The van der Waals surface area contributed by atoms with Crippen LogP contribution in [0.3, 0.4) is 0 Å². The zero-order valence-corrected chi connectivity index (χ0v) is 27.2. The summed E-state index contributed by atoms with van der Waals surface area (Å²) in [5, 5.41) is 10.4. The minimum absolute atomic E-state index is 0.628. The van der Waals surface area contributed by atoms with Gasteiger partial charge in [-0.3, -0.25) is 4.57 Å². The standard InChI is InChI=1S/C44H23N3O2S/c1-2-13-27-26(12-1)40-37(38-30-16-6-10-20-36(30)50-42(27)38)28-14-3-7-17-32(28)47(40)44-41-39(29-15-5-9-19-34(29)49-41)45-43(46-44)24-21-22-35-31(23-24)25-11-4-8-18-33(25)48-35/h1-23H.